The van der Waals surface area contributed by atoms with E-state index < -0.39 is 5.60 Å². The highest BCUT2D eigenvalue weighted by Crippen LogP contribution is 2.32. The van der Waals surface area contributed by atoms with Crippen molar-refractivity contribution in [1.29, 1.82) is 0 Å². The van der Waals surface area contributed by atoms with Gasteiger partial charge in [-0.2, -0.15) is 0 Å². The maximum Gasteiger partial charge on any atom is 0.0771 e. The zero-order valence-electron chi connectivity index (χ0n) is 10.00. The molecule has 3 N–H and O–H groups in total. The Labute approximate surface area is 92.9 Å². The molecule has 90 valence electrons. The Balaban J connectivity index is 2.29. The SMILES string of the molecule is C[C@@H](O)CNCC(C)(O)C1CCCCC1. The van der Waals surface area contributed by atoms with Crippen LogP contribution in [0, 0.1) is 5.92 Å². The molecule has 2 atom stereocenters. The molecule has 0 aromatic carbocycles. The van der Waals surface area contributed by atoms with Gasteiger partial charge in [-0.1, -0.05) is 19.3 Å². The largest absolute Gasteiger partial charge is 0.392 e. The van der Waals surface area contributed by atoms with Crippen molar-refractivity contribution in [2.75, 3.05) is 13.1 Å². The van der Waals surface area contributed by atoms with Crippen LogP contribution in [0.25, 0.3) is 0 Å². The molecule has 0 heterocycles. The fourth-order valence-corrected chi connectivity index (χ4v) is 2.40. The number of rotatable bonds is 5. The lowest BCUT2D eigenvalue weighted by atomic mass is 9.78. The van der Waals surface area contributed by atoms with Crippen LogP contribution in [0.2, 0.25) is 0 Å². The van der Waals surface area contributed by atoms with Crippen LogP contribution in [0.5, 0.6) is 0 Å². The normalized spacial score (nSPS) is 24.8. The van der Waals surface area contributed by atoms with Crippen molar-refractivity contribution in [2.45, 2.75) is 57.7 Å². The highest BCUT2D eigenvalue weighted by molar-refractivity contribution is 4.86. The monoisotopic (exact) mass is 215 g/mol. The summed E-state index contributed by atoms with van der Waals surface area (Å²) < 4.78 is 0. The quantitative estimate of drug-likeness (QED) is 0.648. The maximum absolute atomic E-state index is 10.3. The molecule has 3 nitrogen and oxygen atoms in total. The third-order valence-corrected chi connectivity index (χ3v) is 3.41. The van der Waals surface area contributed by atoms with Crippen molar-refractivity contribution in [2.24, 2.45) is 5.92 Å². The van der Waals surface area contributed by atoms with Crippen LogP contribution in [0.3, 0.4) is 0 Å². The lowest BCUT2D eigenvalue weighted by molar-refractivity contribution is -0.0166. The van der Waals surface area contributed by atoms with Crippen molar-refractivity contribution in [1.82, 2.24) is 5.32 Å². The van der Waals surface area contributed by atoms with E-state index in [9.17, 15) is 5.11 Å². The Kier molecular flexibility index (Phi) is 5.03. The number of aliphatic hydroxyl groups is 2. The molecule has 1 saturated carbocycles. The topological polar surface area (TPSA) is 52.5 Å². The highest BCUT2D eigenvalue weighted by Gasteiger charge is 2.32. The molecule has 15 heavy (non-hydrogen) atoms. The number of hydrogen-bond donors (Lipinski definition) is 3. The van der Waals surface area contributed by atoms with E-state index in [4.69, 9.17) is 5.11 Å². The van der Waals surface area contributed by atoms with Crippen molar-refractivity contribution in [3.05, 3.63) is 0 Å². The second-order valence-electron chi connectivity index (χ2n) is 5.17. The third-order valence-electron chi connectivity index (χ3n) is 3.41. The van der Waals surface area contributed by atoms with Gasteiger partial charge in [-0.15, -0.1) is 0 Å². The second kappa shape index (κ2) is 5.83. The molecule has 1 rings (SSSR count). The van der Waals surface area contributed by atoms with E-state index in [1.54, 1.807) is 6.92 Å². The molecule has 1 aliphatic carbocycles. The Hall–Kier alpha value is -0.120. The molecule has 0 aromatic heterocycles. The van der Waals surface area contributed by atoms with Gasteiger partial charge in [0.05, 0.1) is 11.7 Å². The summed E-state index contributed by atoms with van der Waals surface area (Å²) in [5.41, 5.74) is -0.616. The fraction of sp³-hybridized carbons (Fsp3) is 1.00. The van der Waals surface area contributed by atoms with Crippen molar-refractivity contribution < 1.29 is 10.2 Å². The van der Waals surface area contributed by atoms with E-state index in [0.717, 1.165) is 12.8 Å². The summed E-state index contributed by atoms with van der Waals surface area (Å²) in [5, 5.41) is 22.5. The third kappa shape index (κ3) is 4.49. The minimum atomic E-state index is -0.616. The molecule has 0 saturated heterocycles. The lowest BCUT2D eigenvalue weighted by Crippen LogP contribution is -2.46. The zero-order chi connectivity index (χ0) is 11.3. The predicted octanol–water partition coefficient (Wildman–Crippen LogP) is 1.29. The fourth-order valence-electron chi connectivity index (χ4n) is 2.40. The Morgan fingerprint density at radius 1 is 1.33 bits per heavy atom. The minimum Gasteiger partial charge on any atom is -0.392 e. The molecule has 3 heteroatoms. The first-order valence-corrected chi connectivity index (χ1v) is 6.13. The summed E-state index contributed by atoms with van der Waals surface area (Å²) in [4.78, 5) is 0. The van der Waals surface area contributed by atoms with E-state index in [-0.39, 0.29) is 6.10 Å². The summed E-state index contributed by atoms with van der Waals surface area (Å²) in [6.45, 7) is 4.81. The molecule has 1 aliphatic rings. The standard InChI is InChI=1S/C12H25NO2/c1-10(14)8-13-9-12(2,15)11-6-4-3-5-7-11/h10-11,13-15H,3-9H2,1-2H3/t10-,12?/m1/s1. The van der Waals surface area contributed by atoms with E-state index in [1.165, 1.54) is 19.3 Å². The Morgan fingerprint density at radius 2 is 1.93 bits per heavy atom. The Morgan fingerprint density at radius 3 is 2.47 bits per heavy atom. The van der Waals surface area contributed by atoms with Gasteiger partial charge in [0.15, 0.2) is 0 Å². The van der Waals surface area contributed by atoms with Crippen LogP contribution in [-0.2, 0) is 0 Å². The summed E-state index contributed by atoms with van der Waals surface area (Å²) in [5.74, 6) is 0.424. The van der Waals surface area contributed by atoms with Gasteiger partial charge in [-0.25, -0.2) is 0 Å². The van der Waals surface area contributed by atoms with Gasteiger partial charge in [0.1, 0.15) is 0 Å². The average molecular weight is 215 g/mol. The van der Waals surface area contributed by atoms with Gasteiger partial charge < -0.3 is 15.5 Å². The summed E-state index contributed by atoms with van der Waals surface area (Å²) in [7, 11) is 0. The molecule has 0 radical (unpaired) electrons. The number of aliphatic hydroxyl groups excluding tert-OH is 1. The van der Waals surface area contributed by atoms with Crippen molar-refractivity contribution in [3.8, 4) is 0 Å². The summed E-state index contributed by atoms with van der Waals surface area (Å²) >= 11 is 0. The molecule has 1 unspecified atom stereocenters. The number of hydrogen-bond acceptors (Lipinski definition) is 3. The summed E-state index contributed by atoms with van der Waals surface area (Å²) in [6.07, 6.45) is 5.75. The smallest absolute Gasteiger partial charge is 0.0771 e. The van der Waals surface area contributed by atoms with Gasteiger partial charge in [-0.05, 0) is 32.6 Å². The molecule has 1 fully saturated rings. The molecular weight excluding hydrogens is 190 g/mol. The first-order chi connectivity index (χ1) is 7.02. The van der Waals surface area contributed by atoms with E-state index >= 15 is 0 Å². The lowest BCUT2D eigenvalue weighted by Gasteiger charge is -2.36. The van der Waals surface area contributed by atoms with Crippen LogP contribution in [0.4, 0.5) is 0 Å². The van der Waals surface area contributed by atoms with Crippen LogP contribution in [0.15, 0.2) is 0 Å². The molecule has 0 bridgehead atoms. The van der Waals surface area contributed by atoms with E-state index in [2.05, 4.69) is 5.32 Å². The van der Waals surface area contributed by atoms with Crippen molar-refractivity contribution in [3.63, 3.8) is 0 Å². The van der Waals surface area contributed by atoms with Crippen LogP contribution in [0.1, 0.15) is 46.0 Å². The minimum absolute atomic E-state index is 0.341. The molecule has 0 amide bonds. The zero-order valence-corrected chi connectivity index (χ0v) is 10.00. The first kappa shape index (κ1) is 12.9. The van der Waals surface area contributed by atoms with Gasteiger partial charge in [-0.3, -0.25) is 0 Å². The van der Waals surface area contributed by atoms with Gasteiger partial charge in [0, 0.05) is 13.1 Å². The van der Waals surface area contributed by atoms with Gasteiger partial charge in [0.2, 0.25) is 0 Å². The van der Waals surface area contributed by atoms with E-state index in [1.807, 2.05) is 6.92 Å². The Bertz CT molecular complexity index is 174. The molecule has 0 spiro atoms. The highest BCUT2D eigenvalue weighted by atomic mass is 16.3. The average Bonchev–Trinajstić information content (AvgIpc) is 2.18. The molecular formula is C12H25NO2. The van der Waals surface area contributed by atoms with Crippen LogP contribution < -0.4 is 5.32 Å². The van der Waals surface area contributed by atoms with Gasteiger partial charge in [0.25, 0.3) is 0 Å². The first-order valence-electron chi connectivity index (χ1n) is 6.13. The molecule has 0 aromatic rings. The molecule has 0 aliphatic heterocycles. The van der Waals surface area contributed by atoms with E-state index in [0.29, 0.717) is 19.0 Å². The predicted molar refractivity (Wildman–Crippen MR) is 61.7 cm³/mol. The van der Waals surface area contributed by atoms with Crippen LogP contribution >= 0.6 is 0 Å². The van der Waals surface area contributed by atoms with Crippen molar-refractivity contribution >= 4 is 0 Å². The van der Waals surface area contributed by atoms with Gasteiger partial charge >= 0.3 is 0 Å². The number of nitrogens with one attached hydrogen (secondary N) is 1. The summed E-state index contributed by atoms with van der Waals surface area (Å²) in [6, 6.07) is 0. The second-order valence-corrected chi connectivity index (χ2v) is 5.17. The maximum atomic E-state index is 10.3. The van der Waals surface area contributed by atoms with Crippen LogP contribution in [-0.4, -0.2) is 35.0 Å².